The van der Waals surface area contributed by atoms with Crippen LogP contribution in [0, 0.1) is 0 Å². The number of hydrogen-bond donors (Lipinski definition) is 0. The SMILES string of the molecule is CC(C)(C)c1ccc(N2B3c4cc(C(C)(C)C)ccc4-n4c5ccc6c7ccccc7oc6c5c5ccc(c3c54)-c3cc4c(cc32)sc2cc3c(cc24)C(C)(C)CCC3(C)C)cc1. The summed E-state index contributed by atoms with van der Waals surface area (Å²) < 4.78 is 12.2. The molecule has 0 atom stereocenters. The number of fused-ring (bicyclic) bond motifs is 16. The molecule has 0 saturated carbocycles. The smallest absolute Gasteiger partial charge is 0.333 e. The fourth-order valence-electron chi connectivity index (χ4n) is 11.9. The van der Waals surface area contributed by atoms with Gasteiger partial charge in [0.05, 0.1) is 16.4 Å². The first-order chi connectivity index (χ1) is 30.0. The van der Waals surface area contributed by atoms with Crippen molar-refractivity contribution in [2.24, 2.45) is 0 Å². The molecule has 0 spiro atoms. The second-order valence-corrected chi connectivity index (χ2v) is 23.5. The van der Waals surface area contributed by atoms with E-state index < -0.39 is 0 Å². The molecule has 63 heavy (non-hydrogen) atoms. The maximum atomic E-state index is 6.85. The lowest BCUT2D eigenvalue weighted by Crippen LogP contribution is -2.60. The van der Waals surface area contributed by atoms with Gasteiger partial charge in [0.2, 0.25) is 0 Å². The predicted octanol–water partition coefficient (Wildman–Crippen LogP) is 15.2. The van der Waals surface area contributed by atoms with Crippen molar-refractivity contribution < 1.29 is 4.42 Å². The summed E-state index contributed by atoms with van der Waals surface area (Å²) in [7, 11) is 0. The molecule has 0 amide bonds. The molecule has 310 valence electrons. The molecule has 0 fully saturated rings. The van der Waals surface area contributed by atoms with Crippen molar-refractivity contribution in [3.8, 4) is 16.8 Å². The van der Waals surface area contributed by atoms with Gasteiger partial charge in [0.1, 0.15) is 11.2 Å². The van der Waals surface area contributed by atoms with Crippen LogP contribution in [0.2, 0.25) is 0 Å². The highest BCUT2D eigenvalue weighted by atomic mass is 32.1. The van der Waals surface area contributed by atoms with Crippen molar-refractivity contribution in [1.82, 2.24) is 4.57 Å². The zero-order valence-electron chi connectivity index (χ0n) is 38.2. The average molecular weight is 837 g/mol. The van der Waals surface area contributed by atoms with Crippen LogP contribution in [-0.2, 0) is 21.7 Å². The minimum absolute atomic E-state index is 0.0271. The summed E-state index contributed by atoms with van der Waals surface area (Å²) in [4.78, 5) is 2.70. The van der Waals surface area contributed by atoms with E-state index in [4.69, 9.17) is 4.42 Å². The summed E-state index contributed by atoms with van der Waals surface area (Å²) in [6.45, 7) is 23.7. The molecule has 3 aromatic heterocycles. The Kier molecular flexibility index (Phi) is 7.23. The van der Waals surface area contributed by atoms with Crippen LogP contribution in [-0.4, -0.2) is 11.4 Å². The second kappa shape index (κ2) is 12.1. The highest BCUT2D eigenvalue weighted by Crippen LogP contribution is 2.53. The maximum absolute atomic E-state index is 6.85. The average Bonchev–Trinajstić information content (AvgIpc) is 3.92. The zero-order chi connectivity index (χ0) is 43.3. The van der Waals surface area contributed by atoms with Crippen LogP contribution in [0.1, 0.15) is 104 Å². The topological polar surface area (TPSA) is 21.3 Å². The van der Waals surface area contributed by atoms with E-state index in [0.717, 1.165) is 16.6 Å². The molecule has 3 aliphatic rings. The molecule has 2 aliphatic heterocycles. The van der Waals surface area contributed by atoms with Crippen LogP contribution in [0.25, 0.3) is 80.7 Å². The number of hydrogen-bond acceptors (Lipinski definition) is 3. The number of aromatic nitrogens is 1. The number of benzene rings is 7. The van der Waals surface area contributed by atoms with E-state index in [9.17, 15) is 0 Å². The third-order valence-electron chi connectivity index (χ3n) is 15.6. The number of rotatable bonds is 1. The summed E-state index contributed by atoms with van der Waals surface area (Å²) in [5.41, 5.74) is 19.5. The largest absolute Gasteiger partial charge is 0.455 e. The first-order valence-electron chi connectivity index (χ1n) is 23.0. The highest BCUT2D eigenvalue weighted by molar-refractivity contribution is 7.25. The molecule has 7 aromatic carbocycles. The van der Waals surface area contributed by atoms with Gasteiger partial charge in [-0.1, -0.05) is 124 Å². The Bertz CT molecular complexity index is 3650. The quantitative estimate of drug-likeness (QED) is 0.154. The monoisotopic (exact) mass is 836 g/mol. The Labute approximate surface area is 374 Å². The summed E-state index contributed by atoms with van der Waals surface area (Å²) in [6.07, 6.45) is 2.42. The van der Waals surface area contributed by atoms with Crippen LogP contribution < -0.4 is 15.7 Å². The molecule has 0 radical (unpaired) electrons. The van der Waals surface area contributed by atoms with Crippen LogP contribution >= 0.6 is 11.3 Å². The van der Waals surface area contributed by atoms with Crippen LogP contribution in [0.4, 0.5) is 11.4 Å². The van der Waals surface area contributed by atoms with Crippen molar-refractivity contribution >= 4 is 104 Å². The number of furan rings is 1. The summed E-state index contributed by atoms with van der Waals surface area (Å²) in [5, 5.41) is 7.51. The van der Waals surface area contributed by atoms with Gasteiger partial charge in [-0.15, -0.1) is 11.3 Å². The molecule has 0 unspecified atom stereocenters. The van der Waals surface area contributed by atoms with Crippen LogP contribution in [0.5, 0.6) is 0 Å². The lowest BCUT2D eigenvalue weighted by molar-refractivity contribution is 0.332. The van der Waals surface area contributed by atoms with Crippen molar-refractivity contribution in [2.45, 2.75) is 104 Å². The molecule has 0 saturated heterocycles. The van der Waals surface area contributed by atoms with Gasteiger partial charge in [0.25, 0.3) is 0 Å². The molecule has 1 aliphatic carbocycles. The predicted molar refractivity (Wildman–Crippen MR) is 273 cm³/mol. The molecule has 3 nitrogen and oxygen atoms in total. The number of nitrogens with zero attached hydrogens (tertiary/aromatic N) is 2. The number of thiophene rings is 1. The summed E-state index contributed by atoms with van der Waals surface area (Å²) in [5.74, 6) is 0. The van der Waals surface area contributed by atoms with Gasteiger partial charge in [0, 0.05) is 59.0 Å². The molecule has 5 heteroatoms. The molecular weight excluding hydrogens is 784 g/mol. The Hall–Kier alpha value is -5.78. The maximum Gasteiger partial charge on any atom is 0.333 e. The van der Waals surface area contributed by atoms with Gasteiger partial charge < -0.3 is 13.8 Å². The van der Waals surface area contributed by atoms with E-state index in [0.29, 0.717) is 0 Å². The van der Waals surface area contributed by atoms with E-state index in [1.54, 1.807) is 0 Å². The van der Waals surface area contributed by atoms with E-state index in [2.05, 4.69) is 194 Å². The van der Waals surface area contributed by atoms with Crippen molar-refractivity contribution in [3.63, 3.8) is 0 Å². The molecule has 5 heterocycles. The Morgan fingerprint density at radius 1 is 0.587 bits per heavy atom. The zero-order valence-corrected chi connectivity index (χ0v) is 39.0. The van der Waals surface area contributed by atoms with Crippen molar-refractivity contribution in [3.05, 3.63) is 138 Å². The minimum Gasteiger partial charge on any atom is -0.455 e. The van der Waals surface area contributed by atoms with Gasteiger partial charge in [-0.05, 0) is 134 Å². The molecule has 0 bridgehead atoms. The van der Waals surface area contributed by atoms with E-state index in [1.165, 1.54) is 122 Å². The third kappa shape index (κ3) is 5.03. The molecule has 10 aromatic rings. The fourth-order valence-corrected chi connectivity index (χ4v) is 13.0. The van der Waals surface area contributed by atoms with Crippen molar-refractivity contribution in [2.75, 3.05) is 4.81 Å². The molecular formula is C58H53BN2OS. The minimum atomic E-state index is -0.0577. The van der Waals surface area contributed by atoms with Crippen LogP contribution in [0.15, 0.2) is 120 Å². The van der Waals surface area contributed by atoms with E-state index in [1.807, 2.05) is 11.3 Å². The lowest BCUT2D eigenvalue weighted by Gasteiger charge is -2.42. The third-order valence-corrected chi connectivity index (χ3v) is 16.7. The van der Waals surface area contributed by atoms with E-state index >= 15 is 0 Å². The molecule has 13 rings (SSSR count). The number of para-hydroxylation sites is 1. The standard InChI is InChI=1S/C58H53BN2OS/c1-55(2,3)32-15-18-34(19-16-32)61-47-31-50-40(41-29-42-43(30-49(41)63-50)58(9,10)26-25-57(42,7)8)28-39(47)36-20-21-38-51-46(24-22-37-35-13-11-12-14-48(35)62-54(37)51)60-45-23-17-33(56(4,5)6)27-44(45)59(61)52(36)53(38)60/h11-24,27-31H,25-26H2,1-10H3. The summed E-state index contributed by atoms with van der Waals surface area (Å²) in [6, 6.07) is 45.0. The highest BCUT2D eigenvalue weighted by Gasteiger charge is 2.45. The van der Waals surface area contributed by atoms with Gasteiger partial charge in [-0.25, -0.2) is 0 Å². The fraction of sp³-hybridized carbons (Fsp3) is 0.276. The van der Waals surface area contributed by atoms with Crippen LogP contribution in [0.3, 0.4) is 0 Å². The van der Waals surface area contributed by atoms with Gasteiger partial charge in [-0.3, -0.25) is 0 Å². The normalized spacial score (nSPS) is 16.5. The first kappa shape index (κ1) is 37.8. The number of anilines is 2. The van der Waals surface area contributed by atoms with Crippen molar-refractivity contribution in [1.29, 1.82) is 0 Å². The Morgan fingerprint density at radius 3 is 2.00 bits per heavy atom. The van der Waals surface area contributed by atoms with Gasteiger partial charge in [-0.2, -0.15) is 0 Å². The lowest BCUT2D eigenvalue weighted by atomic mass is 9.43. The second-order valence-electron chi connectivity index (χ2n) is 22.4. The molecule has 0 N–H and O–H groups in total. The Balaban J connectivity index is 1.18. The Morgan fingerprint density at radius 2 is 1.25 bits per heavy atom. The summed E-state index contributed by atoms with van der Waals surface area (Å²) >= 11 is 1.97. The first-order valence-corrected chi connectivity index (χ1v) is 23.8. The van der Waals surface area contributed by atoms with E-state index in [-0.39, 0.29) is 28.5 Å². The van der Waals surface area contributed by atoms with Gasteiger partial charge >= 0.3 is 6.85 Å². The van der Waals surface area contributed by atoms with Gasteiger partial charge in [0.15, 0.2) is 0 Å².